The zero-order valence-electron chi connectivity index (χ0n) is 10.2. The number of hydrogen-bond acceptors (Lipinski definition) is 3. The lowest BCUT2D eigenvalue weighted by molar-refractivity contribution is 0.112. The van der Waals surface area contributed by atoms with Gasteiger partial charge in [-0.3, -0.25) is 4.79 Å². The van der Waals surface area contributed by atoms with Crippen LogP contribution in [0.5, 0.6) is 11.5 Å². The van der Waals surface area contributed by atoms with E-state index in [-0.39, 0.29) is 0 Å². The van der Waals surface area contributed by atoms with Gasteiger partial charge in [-0.05, 0) is 58.7 Å². The van der Waals surface area contributed by atoms with Crippen LogP contribution in [0.1, 0.15) is 21.5 Å². The molecule has 0 aliphatic rings. The van der Waals surface area contributed by atoms with Crippen molar-refractivity contribution < 1.29 is 9.53 Å². The summed E-state index contributed by atoms with van der Waals surface area (Å²) in [6, 6.07) is 12.5. The first-order valence-corrected chi connectivity index (χ1v) is 6.36. The van der Waals surface area contributed by atoms with E-state index in [4.69, 9.17) is 10.00 Å². The van der Waals surface area contributed by atoms with Gasteiger partial charge in [-0.1, -0.05) is 6.07 Å². The van der Waals surface area contributed by atoms with Crippen LogP contribution in [-0.2, 0) is 0 Å². The monoisotopic (exact) mass is 315 g/mol. The molecule has 0 amide bonds. The summed E-state index contributed by atoms with van der Waals surface area (Å²) in [6.07, 6.45) is 0.773. The Labute approximate surface area is 119 Å². The molecule has 2 aromatic carbocycles. The smallest absolute Gasteiger partial charge is 0.151 e. The van der Waals surface area contributed by atoms with Crippen molar-refractivity contribution in [3.8, 4) is 17.6 Å². The zero-order valence-corrected chi connectivity index (χ0v) is 11.8. The number of aldehydes is 1. The molecule has 0 saturated heterocycles. The topological polar surface area (TPSA) is 50.1 Å². The molecule has 19 heavy (non-hydrogen) atoms. The fourth-order valence-corrected chi connectivity index (χ4v) is 2.02. The molecule has 0 aliphatic heterocycles. The third-order valence-corrected chi connectivity index (χ3v) is 3.33. The van der Waals surface area contributed by atoms with Gasteiger partial charge >= 0.3 is 0 Å². The van der Waals surface area contributed by atoms with E-state index in [2.05, 4.69) is 22.0 Å². The first-order chi connectivity index (χ1) is 9.13. The maximum Gasteiger partial charge on any atom is 0.151 e. The Morgan fingerprint density at radius 1 is 1.26 bits per heavy atom. The Hall–Kier alpha value is -2.12. The van der Waals surface area contributed by atoms with E-state index in [1.807, 2.05) is 13.0 Å². The number of rotatable bonds is 3. The number of hydrogen-bond donors (Lipinski definition) is 0. The Morgan fingerprint density at radius 3 is 2.68 bits per heavy atom. The van der Waals surface area contributed by atoms with Crippen LogP contribution in [0.3, 0.4) is 0 Å². The molecule has 0 spiro atoms. The van der Waals surface area contributed by atoms with Crippen LogP contribution in [-0.4, -0.2) is 6.29 Å². The van der Waals surface area contributed by atoms with Gasteiger partial charge in [-0.25, -0.2) is 0 Å². The highest BCUT2D eigenvalue weighted by Crippen LogP contribution is 2.29. The van der Waals surface area contributed by atoms with Crippen LogP contribution in [0, 0.1) is 18.3 Å². The summed E-state index contributed by atoms with van der Waals surface area (Å²) in [6.45, 7) is 1.91. The quantitative estimate of drug-likeness (QED) is 0.796. The lowest BCUT2D eigenvalue weighted by atomic mass is 10.1. The minimum absolute atomic E-state index is 0.546. The normalized spacial score (nSPS) is 9.74. The molecule has 94 valence electrons. The molecule has 0 radical (unpaired) electrons. The van der Waals surface area contributed by atoms with Gasteiger partial charge in [0.2, 0.25) is 0 Å². The molecular formula is C15H10BrNO2. The van der Waals surface area contributed by atoms with E-state index < -0.39 is 0 Å². The molecule has 2 rings (SSSR count). The van der Waals surface area contributed by atoms with Gasteiger partial charge in [0.1, 0.15) is 11.5 Å². The summed E-state index contributed by atoms with van der Waals surface area (Å²) < 4.78 is 6.41. The summed E-state index contributed by atoms with van der Waals surface area (Å²) in [5.41, 5.74) is 2.05. The Morgan fingerprint density at radius 2 is 2.05 bits per heavy atom. The Balaban J connectivity index is 2.33. The molecule has 0 N–H and O–H groups in total. The summed E-state index contributed by atoms with van der Waals surface area (Å²) in [5, 5.41) is 8.88. The highest BCUT2D eigenvalue weighted by atomic mass is 79.9. The van der Waals surface area contributed by atoms with E-state index in [0.717, 1.165) is 11.8 Å². The van der Waals surface area contributed by atoms with Crippen molar-refractivity contribution in [1.82, 2.24) is 0 Å². The van der Waals surface area contributed by atoms with Gasteiger partial charge < -0.3 is 4.74 Å². The second-order valence-corrected chi connectivity index (χ2v) is 4.85. The first kappa shape index (κ1) is 13.3. The summed E-state index contributed by atoms with van der Waals surface area (Å²) in [5.74, 6) is 1.24. The molecule has 3 nitrogen and oxygen atoms in total. The van der Waals surface area contributed by atoms with Crippen LogP contribution in [0.2, 0.25) is 0 Å². The van der Waals surface area contributed by atoms with Gasteiger partial charge in [0, 0.05) is 10.0 Å². The fraction of sp³-hybridized carbons (Fsp3) is 0.0667. The predicted molar refractivity (Wildman–Crippen MR) is 75.5 cm³/mol. The summed E-state index contributed by atoms with van der Waals surface area (Å²) in [4.78, 5) is 10.7. The van der Waals surface area contributed by atoms with Crippen molar-refractivity contribution in [3.63, 3.8) is 0 Å². The van der Waals surface area contributed by atoms with Crippen molar-refractivity contribution in [1.29, 1.82) is 5.26 Å². The minimum atomic E-state index is 0.546. The Bertz CT molecular complexity index is 674. The van der Waals surface area contributed by atoms with Crippen LogP contribution in [0.25, 0.3) is 0 Å². The van der Waals surface area contributed by atoms with Crippen molar-refractivity contribution in [2.24, 2.45) is 0 Å². The van der Waals surface area contributed by atoms with Gasteiger partial charge in [0.05, 0.1) is 11.6 Å². The van der Waals surface area contributed by atoms with Crippen LogP contribution < -0.4 is 4.74 Å². The molecule has 0 aromatic heterocycles. The molecule has 2 aromatic rings. The van der Waals surface area contributed by atoms with Gasteiger partial charge in [0.15, 0.2) is 6.29 Å². The number of carbonyl (C=O) groups is 1. The van der Waals surface area contributed by atoms with E-state index in [9.17, 15) is 4.79 Å². The van der Waals surface area contributed by atoms with Crippen molar-refractivity contribution >= 4 is 22.2 Å². The van der Waals surface area contributed by atoms with E-state index in [1.54, 1.807) is 30.3 Å². The molecular weight excluding hydrogens is 306 g/mol. The lowest BCUT2D eigenvalue weighted by Crippen LogP contribution is -1.90. The second-order valence-electron chi connectivity index (χ2n) is 4.00. The van der Waals surface area contributed by atoms with E-state index in [1.165, 1.54) is 0 Å². The highest BCUT2D eigenvalue weighted by Gasteiger charge is 2.05. The first-order valence-electron chi connectivity index (χ1n) is 5.57. The largest absolute Gasteiger partial charge is 0.457 e. The number of ether oxygens (including phenoxy) is 1. The van der Waals surface area contributed by atoms with Gasteiger partial charge in [0.25, 0.3) is 0 Å². The van der Waals surface area contributed by atoms with Crippen molar-refractivity contribution in [2.75, 3.05) is 0 Å². The molecule has 0 fully saturated rings. The number of halogens is 1. The maximum absolute atomic E-state index is 10.7. The van der Waals surface area contributed by atoms with Crippen molar-refractivity contribution in [2.45, 2.75) is 6.92 Å². The summed E-state index contributed by atoms with van der Waals surface area (Å²) in [7, 11) is 0. The molecule has 0 unspecified atom stereocenters. The molecule has 0 saturated carbocycles. The second kappa shape index (κ2) is 5.68. The molecule has 4 heteroatoms. The maximum atomic E-state index is 10.7. The number of nitrogens with zero attached hydrogens (tertiary/aromatic N) is 1. The average Bonchev–Trinajstić information content (AvgIpc) is 2.41. The number of aryl methyl sites for hydroxylation is 1. The Kier molecular flexibility index (Phi) is 3.98. The van der Waals surface area contributed by atoms with Crippen LogP contribution in [0.15, 0.2) is 40.9 Å². The molecule has 0 bridgehead atoms. The van der Waals surface area contributed by atoms with Gasteiger partial charge in [-0.15, -0.1) is 0 Å². The van der Waals surface area contributed by atoms with Gasteiger partial charge in [-0.2, -0.15) is 5.26 Å². The molecule has 0 aliphatic carbocycles. The number of benzene rings is 2. The minimum Gasteiger partial charge on any atom is -0.457 e. The predicted octanol–water partition coefficient (Wildman–Crippen LogP) is 4.23. The van der Waals surface area contributed by atoms with Crippen LogP contribution >= 0.6 is 15.9 Å². The summed E-state index contributed by atoms with van der Waals surface area (Å²) >= 11 is 3.30. The number of nitriles is 1. The lowest BCUT2D eigenvalue weighted by Gasteiger charge is -2.09. The average molecular weight is 316 g/mol. The standard InChI is InChI=1S/C15H10BrNO2/c1-10-2-3-11(8-17)6-15(10)19-13-5-4-12(9-18)14(16)7-13/h2-7,9H,1H3. The third-order valence-electron chi connectivity index (χ3n) is 2.64. The SMILES string of the molecule is Cc1ccc(C#N)cc1Oc1ccc(C=O)c(Br)c1. The molecule has 0 heterocycles. The third kappa shape index (κ3) is 3.01. The van der Waals surface area contributed by atoms with Crippen molar-refractivity contribution in [3.05, 3.63) is 57.6 Å². The fourth-order valence-electron chi connectivity index (χ4n) is 1.57. The van der Waals surface area contributed by atoms with E-state index in [0.29, 0.717) is 27.1 Å². The number of carbonyl (C=O) groups excluding carboxylic acids is 1. The zero-order chi connectivity index (χ0) is 13.8. The molecule has 0 atom stereocenters. The van der Waals surface area contributed by atoms with Crippen LogP contribution in [0.4, 0.5) is 0 Å². The van der Waals surface area contributed by atoms with E-state index >= 15 is 0 Å². The highest BCUT2D eigenvalue weighted by molar-refractivity contribution is 9.10.